The van der Waals surface area contributed by atoms with Crippen molar-refractivity contribution in [3.05, 3.63) is 71.8 Å². The monoisotopic (exact) mass is 498 g/mol. The number of quaternary nitrogens is 1. The van der Waals surface area contributed by atoms with Gasteiger partial charge in [0, 0.05) is 0 Å². The van der Waals surface area contributed by atoms with Gasteiger partial charge in [0.25, 0.3) is 0 Å². The fourth-order valence-corrected chi connectivity index (χ4v) is 4.15. The van der Waals surface area contributed by atoms with Crippen molar-refractivity contribution < 1.29 is 28.7 Å². The first-order valence-electron chi connectivity index (χ1n) is 13.3. The van der Waals surface area contributed by atoms with Crippen molar-refractivity contribution in [1.29, 1.82) is 0 Å². The van der Waals surface area contributed by atoms with Crippen LogP contribution in [-0.2, 0) is 24.7 Å². The average Bonchev–Trinajstić information content (AvgIpc) is 2.87. The van der Waals surface area contributed by atoms with E-state index in [1.807, 2.05) is 26.2 Å². The third-order valence-corrected chi connectivity index (χ3v) is 6.43. The normalized spacial score (nSPS) is 11.8. The minimum atomic E-state index is -1.91. The zero-order valence-electron chi connectivity index (χ0n) is 22.3. The van der Waals surface area contributed by atoms with E-state index in [4.69, 9.17) is 9.47 Å². The molecule has 2 aromatic carbocycles. The van der Waals surface area contributed by atoms with Gasteiger partial charge < -0.3 is 19.1 Å². The van der Waals surface area contributed by atoms with E-state index in [2.05, 4.69) is 6.92 Å². The van der Waals surface area contributed by atoms with Crippen LogP contribution in [0, 0.1) is 0 Å². The molecule has 0 atom stereocenters. The van der Waals surface area contributed by atoms with Crippen LogP contribution in [-0.4, -0.2) is 61.9 Å². The second-order valence-electron chi connectivity index (χ2n) is 10.1. The van der Waals surface area contributed by atoms with Crippen molar-refractivity contribution in [3.63, 3.8) is 0 Å². The van der Waals surface area contributed by atoms with Crippen LogP contribution < -0.4 is 0 Å². The highest BCUT2D eigenvalue weighted by molar-refractivity contribution is 5.85. The van der Waals surface area contributed by atoms with E-state index in [0.29, 0.717) is 28.8 Å². The van der Waals surface area contributed by atoms with Crippen LogP contribution in [0.15, 0.2) is 60.7 Å². The van der Waals surface area contributed by atoms with Gasteiger partial charge in [-0.25, -0.2) is 9.59 Å². The molecule has 0 aliphatic rings. The Hall–Kier alpha value is -2.70. The lowest BCUT2D eigenvalue weighted by molar-refractivity contribution is -0.883. The first kappa shape index (κ1) is 29.5. The molecule has 0 aliphatic heterocycles. The Morgan fingerprint density at radius 1 is 0.750 bits per heavy atom. The van der Waals surface area contributed by atoms with Crippen molar-refractivity contribution >= 4 is 11.9 Å². The van der Waals surface area contributed by atoms with E-state index in [1.54, 1.807) is 48.5 Å². The van der Waals surface area contributed by atoms with Crippen molar-refractivity contribution in [2.75, 3.05) is 40.4 Å². The minimum Gasteiger partial charge on any atom is -0.462 e. The summed E-state index contributed by atoms with van der Waals surface area (Å²) < 4.78 is 11.3. The summed E-state index contributed by atoms with van der Waals surface area (Å²) in [4.78, 5) is 25.4. The number of benzene rings is 2. The summed E-state index contributed by atoms with van der Waals surface area (Å²) in [7, 11) is 3.79. The molecule has 0 bridgehead atoms. The van der Waals surface area contributed by atoms with Crippen molar-refractivity contribution in [2.45, 2.75) is 63.9 Å². The number of ether oxygens (including phenoxy) is 2. The van der Waals surface area contributed by atoms with Crippen LogP contribution in [0.5, 0.6) is 0 Å². The molecule has 0 aliphatic carbocycles. The number of esters is 2. The Morgan fingerprint density at radius 3 is 1.78 bits per heavy atom. The van der Waals surface area contributed by atoms with Crippen molar-refractivity contribution in [1.82, 2.24) is 0 Å². The molecule has 2 rings (SSSR count). The third-order valence-electron chi connectivity index (χ3n) is 6.43. The Kier molecular flexibility index (Phi) is 12.6. The van der Waals surface area contributed by atoms with Crippen LogP contribution in [0.1, 0.15) is 69.4 Å². The predicted octanol–water partition coefficient (Wildman–Crippen LogP) is 5.23. The smallest absolute Gasteiger partial charge is 0.361 e. The van der Waals surface area contributed by atoms with E-state index in [9.17, 15) is 14.7 Å². The van der Waals surface area contributed by atoms with Gasteiger partial charge in [0.2, 0.25) is 5.60 Å². The first-order valence-corrected chi connectivity index (χ1v) is 13.3. The van der Waals surface area contributed by atoms with E-state index in [0.717, 1.165) is 12.8 Å². The molecule has 36 heavy (non-hydrogen) atoms. The first-order chi connectivity index (χ1) is 17.3. The fraction of sp³-hybridized carbons (Fsp3) is 0.533. The molecular formula is C30H44NO5+. The molecule has 0 heterocycles. The van der Waals surface area contributed by atoms with E-state index in [-0.39, 0.29) is 19.1 Å². The lowest BCUT2D eigenvalue weighted by atomic mass is 9.86. The predicted molar refractivity (Wildman–Crippen MR) is 142 cm³/mol. The SMILES string of the molecule is CCCCCCCCCCOC(=O)C[N+](C)(C)CCOC(=O)C(O)(c1ccccc1)c1ccccc1. The van der Waals surface area contributed by atoms with Gasteiger partial charge in [-0.15, -0.1) is 0 Å². The molecular weight excluding hydrogens is 454 g/mol. The maximum Gasteiger partial charge on any atom is 0.361 e. The Bertz CT molecular complexity index is 859. The summed E-state index contributed by atoms with van der Waals surface area (Å²) >= 11 is 0. The van der Waals surface area contributed by atoms with Gasteiger partial charge in [0.15, 0.2) is 6.54 Å². The maximum atomic E-state index is 13.1. The number of aliphatic hydroxyl groups is 1. The molecule has 0 spiro atoms. The third kappa shape index (κ3) is 9.75. The van der Waals surface area contributed by atoms with Crippen molar-refractivity contribution in [2.24, 2.45) is 0 Å². The van der Waals surface area contributed by atoms with Crippen LogP contribution in [0.2, 0.25) is 0 Å². The Labute approximate surface area is 216 Å². The average molecular weight is 499 g/mol. The standard InChI is InChI=1S/C30H44NO5/c1-4-5-6-7-8-9-10-17-23-35-28(32)25-31(2,3)22-24-36-29(33)30(34,26-18-13-11-14-19-26)27-20-15-12-16-21-27/h11-16,18-21,34H,4-10,17,22-25H2,1-3H3/q+1. The van der Waals surface area contributed by atoms with Crippen LogP contribution in [0.25, 0.3) is 0 Å². The lowest BCUT2D eigenvalue weighted by Crippen LogP contribution is -2.47. The molecule has 6 heteroatoms. The van der Waals surface area contributed by atoms with Gasteiger partial charge in [-0.3, -0.25) is 0 Å². The molecule has 1 N–H and O–H groups in total. The zero-order chi connectivity index (χ0) is 26.3. The fourth-order valence-electron chi connectivity index (χ4n) is 4.15. The highest BCUT2D eigenvalue weighted by Gasteiger charge is 2.41. The summed E-state index contributed by atoms with van der Waals surface area (Å²) in [6, 6.07) is 17.6. The topological polar surface area (TPSA) is 72.8 Å². The van der Waals surface area contributed by atoms with Gasteiger partial charge in [-0.1, -0.05) is 113 Å². The molecule has 0 unspecified atom stereocenters. The number of hydrogen-bond donors (Lipinski definition) is 1. The van der Waals surface area contributed by atoms with E-state index in [1.165, 1.54) is 38.5 Å². The Balaban J connectivity index is 1.77. The number of nitrogens with zero attached hydrogens (tertiary/aromatic N) is 1. The summed E-state index contributed by atoms with van der Waals surface area (Å²) in [5, 5.41) is 11.5. The van der Waals surface area contributed by atoms with Gasteiger partial charge in [0.1, 0.15) is 13.2 Å². The molecule has 198 valence electrons. The summed E-state index contributed by atoms with van der Waals surface area (Å²) in [6.45, 7) is 3.34. The van der Waals surface area contributed by atoms with Crippen molar-refractivity contribution in [3.8, 4) is 0 Å². The van der Waals surface area contributed by atoms with E-state index < -0.39 is 11.6 Å². The summed E-state index contributed by atoms with van der Waals surface area (Å²) in [5.74, 6) is -0.989. The molecule has 0 saturated carbocycles. The largest absolute Gasteiger partial charge is 0.462 e. The molecule has 0 aromatic heterocycles. The number of carbonyl (C=O) groups excluding carboxylic acids is 2. The Morgan fingerprint density at radius 2 is 1.25 bits per heavy atom. The summed E-state index contributed by atoms with van der Waals surface area (Å²) in [6.07, 6.45) is 9.58. The molecule has 0 fully saturated rings. The van der Waals surface area contributed by atoms with Crippen LogP contribution in [0.4, 0.5) is 0 Å². The molecule has 6 nitrogen and oxygen atoms in total. The molecule has 2 aromatic rings. The molecule has 0 radical (unpaired) electrons. The molecule has 0 amide bonds. The van der Waals surface area contributed by atoms with Crippen LogP contribution >= 0.6 is 0 Å². The van der Waals surface area contributed by atoms with Crippen LogP contribution in [0.3, 0.4) is 0 Å². The maximum absolute atomic E-state index is 13.1. The molecule has 0 saturated heterocycles. The second kappa shape index (κ2) is 15.4. The zero-order valence-corrected chi connectivity index (χ0v) is 22.3. The van der Waals surface area contributed by atoms with Gasteiger partial charge in [-0.05, 0) is 17.5 Å². The minimum absolute atomic E-state index is 0.0686. The highest BCUT2D eigenvalue weighted by Crippen LogP contribution is 2.31. The lowest BCUT2D eigenvalue weighted by Gasteiger charge is -2.30. The van der Waals surface area contributed by atoms with Gasteiger partial charge >= 0.3 is 11.9 Å². The second-order valence-corrected chi connectivity index (χ2v) is 10.1. The summed E-state index contributed by atoms with van der Waals surface area (Å²) in [5.41, 5.74) is -1.02. The number of carbonyl (C=O) groups is 2. The number of unbranched alkanes of at least 4 members (excludes halogenated alkanes) is 7. The van der Waals surface area contributed by atoms with Gasteiger partial charge in [-0.2, -0.15) is 0 Å². The quantitative estimate of drug-likeness (QED) is 0.184. The number of likely N-dealkylation sites (N-methyl/N-ethyl adjacent to an activating group) is 1. The highest BCUT2D eigenvalue weighted by atomic mass is 16.6. The van der Waals surface area contributed by atoms with Gasteiger partial charge in [0.05, 0.1) is 20.7 Å². The number of rotatable bonds is 17. The number of hydrogen-bond acceptors (Lipinski definition) is 5. The van der Waals surface area contributed by atoms with E-state index >= 15 is 0 Å².